The fourth-order valence-corrected chi connectivity index (χ4v) is 3.54. The van der Waals surface area contributed by atoms with Gasteiger partial charge < -0.3 is 15.4 Å². The number of carbonyl (C=O) groups is 2. The molecule has 166 valence electrons. The van der Waals surface area contributed by atoms with Crippen LogP contribution < -0.4 is 10.6 Å². The fraction of sp³-hybridized carbons (Fsp3) is 0.391. The summed E-state index contributed by atoms with van der Waals surface area (Å²) in [7, 11) is 0. The molecule has 3 rings (SSSR count). The zero-order valence-corrected chi connectivity index (χ0v) is 17.0. The van der Waals surface area contributed by atoms with Gasteiger partial charge in [0.2, 0.25) is 5.91 Å². The smallest absolute Gasteiger partial charge is 0.374 e. The van der Waals surface area contributed by atoms with E-state index in [2.05, 4.69) is 10.6 Å². The van der Waals surface area contributed by atoms with E-state index in [0.29, 0.717) is 6.61 Å². The van der Waals surface area contributed by atoms with Crippen molar-refractivity contribution in [2.45, 2.75) is 50.6 Å². The van der Waals surface area contributed by atoms with Crippen molar-refractivity contribution in [3.63, 3.8) is 0 Å². The number of ether oxygens (including phenoxy) is 1. The number of alkyl halides is 3. The summed E-state index contributed by atoms with van der Waals surface area (Å²) in [5, 5.41) is 5.24. The monoisotopic (exact) mass is 434 g/mol. The minimum absolute atomic E-state index is 0.00506. The van der Waals surface area contributed by atoms with Crippen LogP contribution in [0.15, 0.2) is 54.6 Å². The number of benzene rings is 2. The molecule has 1 aliphatic carbocycles. The summed E-state index contributed by atoms with van der Waals surface area (Å²) in [5.74, 6) is -1.09. The average molecular weight is 434 g/mol. The average Bonchev–Trinajstić information content (AvgIpc) is 2.77. The Morgan fingerprint density at radius 1 is 0.968 bits per heavy atom. The standard InChI is InChI=1S/C23H25F3N2O3/c24-23(25,26)18-8-4-7-17(13-18)22(30)27-14-21(29)28-19-9-11-20(12-10-19)31-15-16-5-2-1-3-6-16/h1-8,13,19-20H,9-12,14-15H2,(H,27,30)(H,28,29). The third kappa shape index (κ3) is 7.10. The highest BCUT2D eigenvalue weighted by molar-refractivity contribution is 5.96. The van der Waals surface area contributed by atoms with Crippen LogP contribution in [0.3, 0.4) is 0 Å². The molecule has 0 unspecified atom stereocenters. The van der Waals surface area contributed by atoms with Crippen molar-refractivity contribution in [1.29, 1.82) is 0 Å². The first-order valence-corrected chi connectivity index (χ1v) is 10.2. The minimum atomic E-state index is -4.53. The Balaban J connectivity index is 1.37. The maximum absolute atomic E-state index is 12.8. The lowest BCUT2D eigenvalue weighted by atomic mass is 9.93. The van der Waals surface area contributed by atoms with Gasteiger partial charge >= 0.3 is 6.18 Å². The van der Waals surface area contributed by atoms with Gasteiger partial charge in [0.05, 0.1) is 24.8 Å². The molecule has 0 atom stereocenters. The number of halogens is 3. The predicted octanol–water partition coefficient (Wildman–Crippen LogP) is 4.08. The van der Waals surface area contributed by atoms with Crippen LogP contribution in [0.4, 0.5) is 13.2 Å². The van der Waals surface area contributed by atoms with Crippen LogP contribution >= 0.6 is 0 Å². The van der Waals surface area contributed by atoms with E-state index < -0.39 is 17.6 Å². The van der Waals surface area contributed by atoms with Gasteiger partial charge in [-0.25, -0.2) is 0 Å². The summed E-state index contributed by atoms with van der Waals surface area (Å²) < 4.78 is 44.2. The van der Waals surface area contributed by atoms with Gasteiger partial charge in [-0.05, 0) is 49.4 Å². The first kappa shape index (κ1) is 22.8. The summed E-state index contributed by atoms with van der Waals surface area (Å²) in [6.07, 6.45) is -1.19. The number of carbonyl (C=O) groups excluding carboxylic acids is 2. The van der Waals surface area contributed by atoms with Crippen LogP contribution in [0.1, 0.15) is 47.2 Å². The van der Waals surface area contributed by atoms with Gasteiger partial charge in [0.15, 0.2) is 0 Å². The van der Waals surface area contributed by atoms with E-state index in [1.807, 2.05) is 30.3 Å². The van der Waals surface area contributed by atoms with Gasteiger partial charge in [-0.15, -0.1) is 0 Å². The second-order valence-corrected chi connectivity index (χ2v) is 7.60. The molecule has 2 aromatic rings. The molecule has 0 radical (unpaired) electrons. The molecule has 2 aromatic carbocycles. The van der Waals surface area contributed by atoms with Gasteiger partial charge in [0.1, 0.15) is 0 Å². The Morgan fingerprint density at radius 2 is 1.68 bits per heavy atom. The highest BCUT2D eigenvalue weighted by atomic mass is 19.4. The third-order valence-corrected chi connectivity index (χ3v) is 5.23. The lowest BCUT2D eigenvalue weighted by molar-refractivity contribution is -0.137. The molecule has 0 heterocycles. The second kappa shape index (κ2) is 10.4. The molecule has 0 aliphatic heterocycles. The molecule has 5 nitrogen and oxygen atoms in total. The van der Waals surface area contributed by atoms with Gasteiger partial charge in [-0.2, -0.15) is 13.2 Å². The van der Waals surface area contributed by atoms with E-state index >= 15 is 0 Å². The van der Waals surface area contributed by atoms with Crippen molar-refractivity contribution in [1.82, 2.24) is 10.6 Å². The van der Waals surface area contributed by atoms with Crippen molar-refractivity contribution in [3.8, 4) is 0 Å². The molecule has 0 bridgehead atoms. The Hall–Kier alpha value is -2.87. The van der Waals surface area contributed by atoms with Crippen LogP contribution in [-0.2, 0) is 22.3 Å². The number of nitrogens with one attached hydrogen (secondary N) is 2. The second-order valence-electron chi connectivity index (χ2n) is 7.60. The van der Waals surface area contributed by atoms with E-state index in [-0.39, 0.29) is 30.2 Å². The molecule has 0 aromatic heterocycles. The number of rotatable bonds is 7. The number of amides is 2. The van der Waals surface area contributed by atoms with Crippen molar-refractivity contribution < 1.29 is 27.5 Å². The predicted molar refractivity (Wildman–Crippen MR) is 109 cm³/mol. The first-order valence-electron chi connectivity index (χ1n) is 10.2. The highest BCUT2D eigenvalue weighted by Crippen LogP contribution is 2.29. The zero-order valence-electron chi connectivity index (χ0n) is 17.0. The van der Waals surface area contributed by atoms with E-state index in [1.54, 1.807) is 0 Å². The fourth-order valence-electron chi connectivity index (χ4n) is 3.54. The van der Waals surface area contributed by atoms with Crippen molar-refractivity contribution >= 4 is 11.8 Å². The molecule has 1 fully saturated rings. The van der Waals surface area contributed by atoms with Gasteiger partial charge in [-0.1, -0.05) is 36.4 Å². The molecule has 1 saturated carbocycles. The summed E-state index contributed by atoms with van der Waals surface area (Å²) in [4.78, 5) is 24.2. The molecular formula is C23H25F3N2O3. The molecule has 2 amide bonds. The van der Waals surface area contributed by atoms with Gasteiger partial charge in [-0.3, -0.25) is 9.59 Å². The lowest BCUT2D eigenvalue weighted by Gasteiger charge is -2.29. The quantitative estimate of drug-likeness (QED) is 0.690. The van der Waals surface area contributed by atoms with E-state index in [1.165, 1.54) is 6.07 Å². The Bertz CT molecular complexity index is 879. The minimum Gasteiger partial charge on any atom is -0.374 e. The van der Waals surface area contributed by atoms with Crippen LogP contribution in [0.5, 0.6) is 0 Å². The SMILES string of the molecule is O=C(CNC(=O)c1cccc(C(F)(F)F)c1)NC1CCC(OCc2ccccc2)CC1. The van der Waals surface area contributed by atoms with Gasteiger partial charge in [0, 0.05) is 11.6 Å². The maximum atomic E-state index is 12.8. The Labute approximate surface area is 179 Å². The van der Waals surface area contributed by atoms with Crippen LogP contribution in [-0.4, -0.2) is 30.5 Å². The summed E-state index contributed by atoms with van der Waals surface area (Å²) in [5.41, 5.74) is 0.0731. The molecule has 31 heavy (non-hydrogen) atoms. The molecule has 1 aliphatic rings. The molecular weight excluding hydrogens is 409 g/mol. The molecule has 0 saturated heterocycles. The highest BCUT2D eigenvalue weighted by Gasteiger charge is 2.31. The first-order chi connectivity index (χ1) is 14.8. The van der Waals surface area contributed by atoms with E-state index in [9.17, 15) is 22.8 Å². The summed E-state index contributed by atoms with van der Waals surface area (Å²) in [6.45, 7) is 0.267. The lowest BCUT2D eigenvalue weighted by Crippen LogP contribution is -2.44. The Morgan fingerprint density at radius 3 is 2.35 bits per heavy atom. The maximum Gasteiger partial charge on any atom is 0.416 e. The van der Waals surface area contributed by atoms with Crippen LogP contribution in [0, 0.1) is 0 Å². The number of hydrogen-bond donors (Lipinski definition) is 2. The topological polar surface area (TPSA) is 67.4 Å². The van der Waals surface area contributed by atoms with Crippen molar-refractivity contribution in [2.75, 3.05) is 6.54 Å². The van der Waals surface area contributed by atoms with E-state index in [0.717, 1.165) is 49.4 Å². The Kier molecular flexibility index (Phi) is 7.68. The summed E-state index contributed by atoms with van der Waals surface area (Å²) >= 11 is 0. The molecule has 8 heteroatoms. The molecule has 0 spiro atoms. The zero-order chi connectivity index (χ0) is 22.3. The number of hydrogen-bond acceptors (Lipinski definition) is 3. The van der Waals surface area contributed by atoms with Crippen molar-refractivity contribution in [3.05, 3.63) is 71.3 Å². The van der Waals surface area contributed by atoms with Crippen LogP contribution in [0.2, 0.25) is 0 Å². The van der Waals surface area contributed by atoms with Crippen LogP contribution in [0.25, 0.3) is 0 Å². The van der Waals surface area contributed by atoms with E-state index in [4.69, 9.17) is 4.74 Å². The third-order valence-electron chi connectivity index (χ3n) is 5.23. The largest absolute Gasteiger partial charge is 0.416 e. The molecule has 2 N–H and O–H groups in total. The van der Waals surface area contributed by atoms with Gasteiger partial charge in [0.25, 0.3) is 5.91 Å². The normalized spacial score (nSPS) is 18.9. The van der Waals surface area contributed by atoms with Crippen molar-refractivity contribution in [2.24, 2.45) is 0 Å². The summed E-state index contributed by atoms with van der Waals surface area (Å²) in [6, 6.07) is 14.0.